The van der Waals surface area contributed by atoms with E-state index in [-0.39, 0.29) is 10.9 Å². The van der Waals surface area contributed by atoms with Crippen LogP contribution in [-0.2, 0) is 10.0 Å². The Bertz CT molecular complexity index is 903. The van der Waals surface area contributed by atoms with Gasteiger partial charge in [-0.1, -0.05) is 48.7 Å². The van der Waals surface area contributed by atoms with Crippen molar-refractivity contribution < 1.29 is 8.42 Å². The molecular weight excluding hydrogens is 469 g/mol. The highest BCUT2D eigenvalue weighted by Gasteiger charge is 2.31. The average Bonchev–Trinajstić information content (AvgIpc) is 2.64. The van der Waals surface area contributed by atoms with Crippen molar-refractivity contribution >= 4 is 62.3 Å². The lowest BCUT2D eigenvalue weighted by atomic mass is 10.2. The van der Waals surface area contributed by atoms with Crippen molar-refractivity contribution in [2.24, 2.45) is 5.92 Å². The van der Waals surface area contributed by atoms with Crippen molar-refractivity contribution in [1.29, 1.82) is 0 Å². The van der Waals surface area contributed by atoms with E-state index in [0.717, 1.165) is 17.9 Å². The second-order valence-electron chi connectivity index (χ2n) is 7.31. The first-order chi connectivity index (χ1) is 13.6. The van der Waals surface area contributed by atoms with Gasteiger partial charge in [0.25, 0.3) is 10.0 Å². The van der Waals surface area contributed by atoms with Gasteiger partial charge in [-0.2, -0.15) is 11.8 Å². The molecule has 2 aromatic rings. The monoisotopic (exact) mass is 493 g/mol. The van der Waals surface area contributed by atoms with Crippen molar-refractivity contribution in [1.82, 2.24) is 0 Å². The van der Waals surface area contributed by atoms with E-state index in [4.69, 9.17) is 34.8 Å². The Labute approximate surface area is 193 Å². The number of halogens is 3. The summed E-state index contributed by atoms with van der Waals surface area (Å²) in [5.74, 6) is 2.73. The molecule has 0 fully saturated rings. The van der Waals surface area contributed by atoms with Gasteiger partial charge in [-0.05, 0) is 79.7 Å². The predicted octanol–water partition coefficient (Wildman–Crippen LogP) is 7.40. The Hall–Kier alpha value is -0.590. The largest absolute Gasteiger partial charge is 0.264 e. The van der Waals surface area contributed by atoms with E-state index < -0.39 is 10.0 Å². The Balaban J connectivity index is 2.33. The molecule has 0 amide bonds. The molecule has 3 nitrogen and oxygen atoms in total. The SMILES string of the molecule is CC(C)CSCCCC(C)N(c1cc(Cl)ccc1Cl)S(=O)(=O)c1ccc(Cl)cc1. The van der Waals surface area contributed by atoms with Gasteiger partial charge in [0.05, 0.1) is 15.6 Å². The molecule has 8 heteroatoms. The Morgan fingerprint density at radius 1 is 0.966 bits per heavy atom. The Kier molecular flexibility index (Phi) is 9.49. The molecule has 0 heterocycles. The summed E-state index contributed by atoms with van der Waals surface area (Å²) in [6, 6.07) is 10.7. The summed E-state index contributed by atoms with van der Waals surface area (Å²) in [6.07, 6.45) is 1.62. The maximum atomic E-state index is 13.5. The number of anilines is 1. The van der Waals surface area contributed by atoms with Crippen LogP contribution in [0.5, 0.6) is 0 Å². The van der Waals surface area contributed by atoms with Gasteiger partial charge in [-0.25, -0.2) is 8.42 Å². The van der Waals surface area contributed by atoms with Crippen molar-refractivity contribution in [2.45, 2.75) is 44.6 Å². The van der Waals surface area contributed by atoms with Crippen molar-refractivity contribution in [3.63, 3.8) is 0 Å². The number of benzene rings is 2. The van der Waals surface area contributed by atoms with Gasteiger partial charge in [-0.3, -0.25) is 4.31 Å². The van der Waals surface area contributed by atoms with Crippen LogP contribution in [0.1, 0.15) is 33.6 Å². The number of rotatable bonds is 10. The number of hydrogen-bond acceptors (Lipinski definition) is 3. The van der Waals surface area contributed by atoms with Gasteiger partial charge in [0.1, 0.15) is 0 Å². The Morgan fingerprint density at radius 3 is 2.21 bits per heavy atom. The summed E-state index contributed by atoms with van der Waals surface area (Å²) < 4.78 is 28.4. The minimum absolute atomic E-state index is 0.166. The van der Waals surface area contributed by atoms with E-state index in [1.54, 1.807) is 30.3 Å². The smallest absolute Gasteiger partial charge is 0.262 e. The van der Waals surface area contributed by atoms with E-state index >= 15 is 0 Å². The average molecular weight is 495 g/mol. The topological polar surface area (TPSA) is 37.4 Å². The van der Waals surface area contributed by atoms with Crippen LogP contribution in [0, 0.1) is 5.92 Å². The van der Waals surface area contributed by atoms with E-state index in [9.17, 15) is 8.42 Å². The number of sulfonamides is 1. The molecule has 29 heavy (non-hydrogen) atoms. The fourth-order valence-corrected chi connectivity index (χ4v) is 6.15. The summed E-state index contributed by atoms with van der Waals surface area (Å²) >= 11 is 20.4. The molecule has 160 valence electrons. The second kappa shape index (κ2) is 11.1. The minimum atomic E-state index is -3.84. The normalized spacial score (nSPS) is 12.9. The zero-order valence-corrected chi connectivity index (χ0v) is 20.6. The third-order valence-electron chi connectivity index (χ3n) is 4.28. The maximum Gasteiger partial charge on any atom is 0.264 e. The van der Waals surface area contributed by atoms with Crippen LogP contribution in [0.3, 0.4) is 0 Å². The molecule has 0 spiro atoms. The number of thioether (sulfide) groups is 1. The fourth-order valence-electron chi connectivity index (χ4n) is 2.90. The highest BCUT2D eigenvalue weighted by atomic mass is 35.5. The summed E-state index contributed by atoms with van der Waals surface area (Å²) in [5, 5.41) is 1.25. The predicted molar refractivity (Wildman–Crippen MR) is 128 cm³/mol. The molecule has 0 aliphatic rings. The van der Waals surface area contributed by atoms with Gasteiger partial charge >= 0.3 is 0 Å². The second-order valence-corrected chi connectivity index (χ2v) is 11.6. The third kappa shape index (κ3) is 6.96. The first kappa shape index (κ1) is 24.7. The van der Waals surface area contributed by atoms with E-state index in [1.165, 1.54) is 16.4 Å². The van der Waals surface area contributed by atoms with Crippen LogP contribution in [0.2, 0.25) is 15.1 Å². The zero-order chi connectivity index (χ0) is 21.6. The van der Waals surface area contributed by atoms with E-state index in [1.807, 2.05) is 18.7 Å². The quantitative estimate of drug-likeness (QED) is 0.323. The summed E-state index contributed by atoms with van der Waals surface area (Å²) in [7, 11) is -3.84. The highest BCUT2D eigenvalue weighted by Crippen LogP contribution is 2.35. The molecule has 1 unspecified atom stereocenters. The number of nitrogens with zero attached hydrogens (tertiary/aromatic N) is 1. The minimum Gasteiger partial charge on any atom is -0.262 e. The summed E-state index contributed by atoms with van der Waals surface area (Å²) in [4.78, 5) is 0.166. The lowest BCUT2D eigenvalue weighted by Crippen LogP contribution is -2.39. The van der Waals surface area contributed by atoms with Crippen LogP contribution in [-0.4, -0.2) is 26.0 Å². The Morgan fingerprint density at radius 2 is 1.59 bits per heavy atom. The standard InChI is InChI=1S/C21H26Cl3NO2S2/c1-15(2)14-28-12-4-5-16(3)25(21-13-18(23)8-11-20(21)24)29(26,27)19-9-6-17(22)7-10-19/h6-11,13,15-16H,4-5,12,14H2,1-3H3. The lowest BCUT2D eigenvalue weighted by molar-refractivity contribution is 0.570. The molecule has 2 aromatic carbocycles. The maximum absolute atomic E-state index is 13.5. The number of hydrogen-bond donors (Lipinski definition) is 0. The van der Waals surface area contributed by atoms with Gasteiger partial charge in [0.2, 0.25) is 0 Å². The highest BCUT2D eigenvalue weighted by molar-refractivity contribution is 7.99. The van der Waals surface area contributed by atoms with Gasteiger partial charge in [0.15, 0.2) is 0 Å². The van der Waals surface area contributed by atoms with Crippen LogP contribution in [0.15, 0.2) is 47.4 Å². The molecule has 0 aliphatic heterocycles. The van der Waals surface area contributed by atoms with Gasteiger partial charge in [0, 0.05) is 16.1 Å². The molecule has 0 aliphatic carbocycles. The first-order valence-electron chi connectivity index (χ1n) is 9.45. The summed E-state index contributed by atoms with van der Waals surface area (Å²) in [5.41, 5.74) is 0.386. The van der Waals surface area contributed by atoms with Crippen LogP contribution >= 0.6 is 46.6 Å². The van der Waals surface area contributed by atoms with E-state index in [2.05, 4.69) is 13.8 Å². The molecule has 0 saturated carbocycles. The van der Waals surface area contributed by atoms with Crippen molar-refractivity contribution in [3.05, 3.63) is 57.5 Å². The third-order valence-corrected chi connectivity index (χ3v) is 8.51. The van der Waals surface area contributed by atoms with Crippen molar-refractivity contribution in [2.75, 3.05) is 15.8 Å². The molecule has 1 atom stereocenters. The van der Waals surface area contributed by atoms with Crippen LogP contribution < -0.4 is 4.31 Å². The molecule has 0 bridgehead atoms. The molecular formula is C21H26Cl3NO2S2. The molecule has 0 N–H and O–H groups in total. The van der Waals surface area contributed by atoms with Gasteiger partial charge in [-0.15, -0.1) is 0 Å². The van der Waals surface area contributed by atoms with Crippen LogP contribution in [0.4, 0.5) is 5.69 Å². The lowest BCUT2D eigenvalue weighted by Gasteiger charge is -2.31. The van der Waals surface area contributed by atoms with Crippen LogP contribution in [0.25, 0.3) is 0 Å². The van der Waals surface area contributed by atoms with E-state index in [0.29, 0.717) is 33.1 Å². The molecule has 0 aromatic heterocycles. The fraction of sp³-hybridized carbons (Fsp3) is 0.429. The van der Waals surface area contributed by atoms with Gasteiger partial charge < -0.3 is 0 Å². The summed E-state index contributed by atoms with van der Waals surface area (Å²) in [6.45, 7) is 6.28. The van der Waals surface area contributed by atoms with Crippen molar-refractivity contribution in [3.8, 4) is 0 Å². The molecule has 2 rings (SSSR count). The molecule has 0 saturated heterocycles. The molecule has 0 radical (unpaired) electrons. The first-order valence-corrected chi connectivity index (χ1v) is 13.2. The zero-order valence-electron chi connectivity index (χ0n) is 16.7.